The van der Waals surface area contributed by atoms with Crippen molar-refractivity contribution in [3.05, 3.63) is 41.3 Å². The molecule has 2 aromatic rings. The van der Waals surface area contributed by atoms with Crippen LogP contribution in [0.2, 0.25) is 0 Å². The molecule has 0 saturated carbocycles. The number of hydrogen-bond donors (Lipinski definition) is 2. The summed E-state index contributed by atoms with van der Waals surface area (Å²) in [6.45, 7) is 4.07. The Morgan fingerprint density at radius 1 is 1.05 bits per heavy atom. The zero-order valence-corrected chi connectivity index (χ0v) is 13.3. The quantitative estimate of drug-likeness (QED) is 0.852. The van der Waals surface area contributed by atoms with Crippen LogP contribution in [0.15, 0.2) is 24.3 Å². The summed E-state index contributed by atoms with van der Waals surface area (Å²) in [5, 5.41) is 13.5. The molecule has 1 aromatic heterocycles. The van der Waals surface area contributed by atoms with E-state index in [2.05, 4.69) is 15.3 Å². The molecule has 0 bridgehead atoms. The van der Waals surface area contributed by atoms with Crippen LogP contribution in [0.4, 0.5) is 5.82 Å². The number of hydrogen-bond acceptors (Lipinski definition) is 6. The van der Waals surface area contributed by atoms with E-state index in [1.807, 2.05) is 19.9 Å². The molecule has 0 aliphatic carbocycles. The maximum Gasteiger partial charge on any atom is 0.130 e. The number of ether oxygens (including phenoxy) is 2. The van der Waals surface area contributed by atoms with E-state index in [1.54, 1.807) is 32.4 Å². The van der Waals surface area contributed by atoms with Crippen molar-refractivity contribution in [3.8, 4) is 11.5 Å². The van der Waals surface area contributed by atoms with Crippen LogP contribution in [-0.2, 0) is 0 Å². The van der Waals surface area contributed by atoms with Gasteiger partial charge in [-0.3, -0.25) is 0 Å². The molecular weight excluding hydrogens is 282 g/mol. The molecule has 6 nitrogen and oxygen atoms in total. The number of benzene rings is 1. The summed E-state index contributed by atoms with van der Waals surface area (Å²) in [4.78, 5) is 8.50. The summed E-state index contributed by atoms with van der Waals surface area (Å²) in [6, 6.07) is 7.17. The first-order valence-electron chi connectivity index (χ1n) is 6.99. The number of rotatable bonds is 6. The first-order chi connectivity index (χ1) is 10.5. The fraction of sp³-hybridized carbons (Fsp3) is 0.375. The second kappa shape index (κ2) is 7.09. The maximum absolute atomic E-state index is 10.3. The molecule has 1 atom stereocenters. The van der Waals surface area contributed by atoms with Crippen molar-refractivity contribution in [2.75, 3.05) is 26.1 Å². The van der Waals surface area contributed by atoms with Gasteiger partial charge in [-0.05, 0) is 31.5 Å². The van der Waals surface area contributed by atoms with E-state index in [4.69, 9.17) is 9.47 Å². The number of aromatic nitrogens is 2. The Balaban J connectivity index is 2.10. The molecule has 22 heavy (non-hydrogen) atoms. The SMILES string of the molecule is COc1cc(OC)cc(C(O)CNc2cc(C)nc(C)n2)c1. The molecule has 0 radical (unpaired) electrons. The number of anilines is 1. The Morgan fingerprint density at radius 3 is 2.23 bits per heavy atom. The lowest BCUT2D eigenvalue weighted by Crippen LogP contribution is -2.14. The van der Waals surface area contributed by atoms with Crippen molar-refractivity contribution in [1.29, 1.82) is 0 Å². The van der Waals surface area contributed by atoms with Crippen LogP contribution in [-0.4, -0.2) is 35.8 Å². The smallest absolute Gasteiger partial charge is 0.130 e. The third kappa shape index (κ3) is 4.08. The van der Waals surface area contributed by atoms with Crippen LogP contribution >= 0.6 is 0 Å². The lowest BCUT2D eigenvalue weighted by Gasteiger charge is -2.15. The minimum atomic E-state index is -0.709. The monoisotopic (exact) mass is 303 g/mol. The van der Waals surface area contributed by atoms with Crippen LogP contribution in [0.1, 0.15) is 23.2 Å². The third-order valence-electron chi connectivity index (χ3n) is 3.20. The maximum atomic E-state index is 10.3. The molecule has 1 unspecified atom stereocenters. The largest absolute Gasteiger partial charge is 0.497 e. The summed E-state index contributed by atoms with van der Waals surface area (Å²) in [7, 11) is 3.16. The van der Waals surface area contributed by atoms with Gasteiger partial charge < -0.3 is 19.9 Å². The topological polar surface area (TPSA) is 76.5 Å². The van der Waals surface area contributed by atoms with Crippen molar-refractivity contribution >= 4 is 5.82 Å². The molecule has 0 fully saturated rings. The van der Waals surface area contributed by atoms with Gasteiger partial charge in [0.2, 0.25) is 0 Å². The van der Waals surface area contributed by atoms with Crippen LogP contribution in [0, 0.1) is 13.8 Å². The van der Waals surface area contributed by atoms with E-state index in [1.165, 1.54) is 0 Å². The molecular formula is C16H21N3O3. The predicted octanol–water partition coefficient (Wildman–Crippen LogP) is 2.26. The number of aryl methyl sites for hydroxylation is 2. The Labute approximate surface area is 130 Å². The molecule has 0 saturated heterocycles. The fourth-order valence-electron chi connectivity index (χ4n) is 2.15. The summed E-state index contributed by atoms with van der Waals surface area (Å²) in [5.41, 5.74) is 1.60. The van der Waals surface area contributed by atoms with E-state index >= 15 is 0 Å². The van der Waals surface area contributed by atoms with Crippen molar-refractivity contribution in [2.45, 2.75) is 20.0 Å². The molecule has 0 amide bonds. The van der Waals surface area contributed by atoms with Gasteiger partial charge in [0, 0.05) is 24.4 Å². The normalized spacial score (nSPS) is 11.9. The Kier molecular flexibility index (Phi) is 5.16. The minimum absolute atomic E-state index is 0.326. The number of aliphatic hydroxyl groups excluding tert-OH is 1. The Morgan fingerprint density at radius 2 is 1.68 bits per heavy atom. The van der Waals surface area contributed by atoms with Gasteiger partial charge in [0.1, 0.15) is 23.1 Å². The van der Waals surface area contributed by atoms with Crippen molar-refractivity contribution in [1.82, 2.24) is 9.97 Å². The second-order valence-corrected chi connectivity index (χ2v) is 4.98. The molecule has 6 heteroatoms. The van der Waals surface area contributed by atoms with Gasteiger partial charge >= 0.3 is 0 Å². The Hall–Kier alpha value is -2.34. The van der Waals surface area contributed by atoms with Gasteiger partial charge in [0.25, 0.3) is 0 Å². The van der Waals surface area contributed by atoms with Gasteiger partial charge in [-0.25, -0.2) is 9.97 Å². The fourth-order valence-corrected chi connectivity index (χ4v) is 2.15. The Bertz CT molecular complexity index is 604. The average Bonchev–Trinajstić information content (AvgIpc) is 2.51. The summed E-state index contributed by atoms with van der Waals surface area (Å²) < 4.78 is 10.4. The third-order valence-corrected chi connectivity index (χ3v) is 3.20. The molecule has 1 heterocycles. The number of methoxy groups -OCH3 is 2. The molecule has 2 rings (SSSR count). The van der Waals surface area contributed by atoms with Gasteiger partial charge in [-0.2, -0.15) is 0 Å². The van der Waals surface area contributed by atoms with E-state index < -0.39 is 6.10 Å². The number of nitrogens with zero attached hydrogens (tertiary/aromatic N) is 2. The van der Waals surface area contributed by atoms with Gasteiger partial charge in [-0.15, -0.1) is 0 Å². The summed E-state index contributed by atoms with van der Waals surface area (Å²) in [6.07, 6.45) is -0.709. The van der Waals surface area contributed by atoms with E-state index in [0.29, 0.717) is 35.2 Å². The van der Waals surface area contributed by atoms with E-state index in [0.717, 1.165) is 5.69 Å². The van der Waals surface area contributed by atoms with Gasteiger partial charge in [0.15, 0.2) is 0 Å². The molecule has 1 aromatic carbocycles. The predicted molar refractivity (Wildman–Crippen MR) is 84.5 cm³/mol. The van der Waals surface area contributed by atoms with Gasteiger partial charge in [-0.1, -0.05) is 0 Å². The van der Waals surface area contributed by atoms with Gasteiger partial charge in [0.05, 0.1) is 20.3 Å². The zero-order valence-electron chi connectivity index (χ0n) is 13.3. The van der Waals surface area contributed by atoms with E-state index in [-0.39, 0.29) is 0 Å². The molecule has 0 aliphatic heterocycles. The summed E-state index contributed by atoms with van der Waals surface area (Å²) in [5.74, 6) is 2.67. The molecule has 0 spiro atoms. The highest BCUT2D eigenvalue weighted by Gasteiger charge is 2.11. The van der Waals surface area contributed by atoms with Crippen molar-refractivity contribution < 1.29 is 14.6 Å². The summed E-state index contributed by atoms with van der Waals surface area (Å²) >= 11 is 0. The lowest BCUT2D eigenvalue weighted by atomic mass is 10.1. The minimum Gasteiger partial charge on any atom is -0.497 e. The lowest BCUT2D eigenvalue weighted by molar-refractivity contribution is 0.190. The number of aliphatic hydroxyl groups is 1. The molecule has 118 valence electrons. The highest BCUT2D eigenvalue weighted by Crippen LogP contribution is 2.26. The second-order valence-electron chi connectivity index (χ2n) is 4.98. The first-order valence-corrected chi connectivity index (χ1v) is 6.99. The van der Waals surface area contributed by atoms with Crippen LogP contribution in [0.5, 0.6) is 11.5 Å². The first kappa shape index (κ1) is 16.0. The highest BCUT2D eigenvalue weighted by molar-refractivity contribution is 5.41. The van der Waals surface area contributed by atoms with Crippen LogP contribution < -0.4 is 14.8 Å². The zero-order chi connectivity index (χ0) is 16.1. The molecule has 0 aliphatic rings. The molecule has 2 N–H and O–H groups in total. The van der Waals surface area contributed by atoms with Crippen LogP contribution in [0.3, 0.4) is 0 Å². The van der Waals surface area contributed by atoms with E-state index in [9.17, 15) is 5.11 Å². The van der Waals surface area contributed by atoms with Crippen molar-refractivity contribution in [2.24, 2.45) is 0 Å². The highest BCUT2D eigenvalue weighted by atomic mass is 16.5. The van der Waals surface area contributed by atoms with Crippen LogP contribution in [0.25, 0.3) is 0 Å². The van der Waals surface area contributed by atoms with Crippen molar-refractivity contribution in [3.63, 3.8) is 0 Å². The number of nitrogens with one attached hydrogen (secondary N) is 1. The average molecular weight is 303 g/mol. The standard InChI is InChI=1S/C16H21N3O3/c1-10-5-16(19-11(2)18-10)17-9-15(20)12-6-13(21-3)8-14(7-12)22-4/h5-8,15,20H,9H2,1-4H3,(H,17,18,19).